The van der Waals surface area contributed by atoms with E-state index >= 15 is 0 Å². The molecule has 11 heteroatoms. The lowest BCUT2D eigenvalue weighted by Crippen LogP contribution is -1.85. The van der Waals surface area contributed by atoms with Crippen LogP contribution in [0.3, 0.4) is 0 Å². The fourth-order valence-electron chi connectivity index (χ4n) is 0.699. The molecule has 0 spiro atoms. The van der Waals surface area contributed by atoms with Crippen LogP contribution >= 0.6 is 24.2 Å². The van der Waals surface area contributed by atoms with Crippen molar-refractivity contribution in [2.24, 2.45) is 13.8 Å². The average molecular weight is 297 g/mol. The summed E-state index contributed by atoms with van der Waals surface area (Å²) in [5.74, 6) is 0. The Morgan fingerprint density at radius 1 is 1.12 bits per heavy atom. The molecule has 0 aliphatic rings. The van der Waals surface area contributed by atoms with Gasteiger partial charge in [0.05, 0.1) is 13.2 Å². The zero-order valence-corrected chi connectivity index (χ0v) is 11.7. The second kappa shape index (κ2) is 7.57. The molecule has 0 aromatic rings. The fraction of sp³-hybridized carbons (Fsp3) is 1.00. The van der Waals surface area contributed by atoms with E-state index in [1.807, 2.05) is 0 Å². The summed E-state index contributed by atoms with van der Waals surface area (Å²) in [6.45, 7) is 2.86. The van der Waals surface area contributed by atoms with Gasteiger partial charge >= 0.3 is 15.5 Å². The predicted octanol–water partition coefficient (Wildman–Crippen LogP) is 5.53. The van der Waals surface area contributed by atoms with E-state index in [1.165, 1.54) is 13.8 Å². The van der Waals surface area contributed by atoms with Gasteiger partial charge in [-0.3, -0.25) is 0 Å². The molecule has 0 heterocycles. The molecule has 0 N–H and O–H groups in total. The summed E-state index contributed by atoms with van der Waals surface area (Å²) in [7, 11) is -8.41. The van der Waals surface area contributed by atoms with Crippen molar-refractivity contribution in [3.63, 3.8) is 0 Å². The molecule has 0 rings (SSSR count). The SMILES string of the molecule is CCOP(F)(=NC)N=P(F)(/N=P/F)OCC. The van der Waals surface area contributed by atoms with Crippen LogP contribution in [0.15, 0.2) is 13.8 Å². The van der Waals surface area contributed by atoms with E-state index in [1.54, 1.807) is 0 Å². The van der Waals surface area contributed by atoms with Crippen LogP contribution in [-0.4, -0.2) is 20.3 Å². The topological polar surface area (TPSA) is 55.5 Å². The molecule has 0 aromatic heterocycles. The fourth-order valence-corrected chi connectivity index (χ4v) is 4.30. The molecule has 0 saturated carbocycles. The van der Waals surface area contributed by atoms with Crippen LogP contribution in [-0.2, 0) is 9.05 Å². The maximum absolute atomic E-state index is 13.8. The van der Waals surface area contributed by atoms with Crippen LogP contribution in [0.4, 0.5) is 12.6 Å². The van der Waals surface area contributed by atoms with Crippen LogP contribution in [0.25, 0.3) is 0 Å². The number of nitrogens with zero attached hydrogens (tertiary/aromatic N) is 3. The van der Waals surface area contributed by atoms with E-state index in [2.05, 4.69) is 22.8 Å². The molecule has 0 amide bonds. The van der Waals surface area contributed by atoms with Crippen molar-refractivity contribution in [2.45, 2.75) is 13.8 Å². The van der Waals surface area contributed by atoms with E-state index < -0.39 is 24.2 Å². The first-order valence-corrected chi connectivity index (χ1v) is 8.06. The average Bonchev–Trinajstić information content (AvgIpc) is 2.18. The number of hydrogen-bond acceptors (Lipinski definition) is 3. The third-order valence-corrected chi connectivity index (χ3v) is 5.78. The van der Waals surface area contributed by atoms with E-state index in [4.69, 9.17) is 0 Å². The zero-order chi connectivity index (χ0) is 12.7. The Bertz CT molecular complexity index is 349. The maximum Gasteiger partial charge on any atom is 0.389 e. The minimum absolute atomic E-state index is 0.0232. The van der Waals surface area contributed by atoms with Crippen LogP contribution in [0.1, 0.15) is 13.8 Å². The van der Waals surface area contributed by atoms with Crippen LogP contribution in [0, 0.1) is 0 Å². The highest BCUT2D eigenvalue weighted by Gasteiger charge is 2.27. The van der Waals surface area contributed by atoms with E-state index in [9.17, 15) is 12.6 Å². The minimum atomic E-state index is -4.32. The molecule has 2 unspecified atom stereocenters. The molecular weight excluding hydrogens is 284 g/mol. The second-order valence-electron chi connectivity index (χ2n) is 2.24. The summed E-state index contributed by atoms with van der Waals surface area (Å²) in [6.07, 6.45) is 0. The molecule has 2 atom stereocenters. The Hall–Kier alpha value is 0.270. The molecule has 0 aromatic carbocycles. The van der Waals surface area contributed by atoms with Crippen molar-refractivity contribution in [3.8, 4) is 0 Å². The van der Waals surface area contributed by atoms with Gasteiger partial charge in [0.2, 0.25) is 8.68 Å². The molecule has 0 bridgehead atoms. The summed E-state index contributed by atoms with van der Waals surface area (Å²) < 4.78 is 57.8. The number of rotatable bonds is 6. The van der Waals surface area contributed by atoms with Gasteiger partial charge in [-0.05, 0) is 13.8 Å². The molecule has 0 saturated heterocycles. The molecule has 0 aliphatic heterocycles. The summed E-state index contributed by atoms with van der Waals surface area (Å²) in [5, 5.41) is 0. The molecule has 16 heavy (non-hydrogen) atoms. The van der Waals surface area contributed by atoms with Crippen LogP contribution < -0.4 is 0 Å². The van der Waals surface area contributed by atoms with Crippen LogP contribution in [0.2, 0.25) is 0 Å². The lowest BCUT2D eigenvalue weighted by molar-refractivity contribution is 0.337. The molecular formula is C5H13F3N3O2P3. The first-order chi connectivity index (χ1) is 7.45. The summed E-state index contributed by atoms with van der Waals surface area (Å²) in [5.41, 5.74) is 0. The third kappa shape index (κ3) is 5.55. The lowest BCUT2D eigenvalue weighted by atomic mass is 10.9. The van der Waals surface area contributed by atoms with Gasteiger partial charge < -0.3 is 9.05 Å². The standard InChI is InChI=1S/C5H13F3N3O2P3/c1-4-12-15(7,9-3)11-16(8,10-14-6)13-5-2/h4-5H2,1-3H3. The van der Waals surface area contributed by atoms with Gasteiger partial charge in [-0.25, -0.2) is 4.74 Å². The Kier molecular flexibility index (Phi) is 7.70. The van der Waals surface area contributed by atoms with E-state index in [-0.39, 0.29) is 13.2 Å². The second-order valence-corrected chi connectivity index (χ2v) is 6.63. The third-order valence-electron chi connectivity index (χ3n) is 1.20. The summed E-state index contributed by atoms with van der Waals surface area (Å²) >= 11 is 0. The molecule has 5 nitrogen and oxygen atoms in total. The van der Waals surface area contributed by atoms with Crippen molar-refractivity contribution >= 4 is 24.2 Å². The minimum Gasteiger partial charge on any atom is -0.304 e. The van der Waals surface area contributed by atoms with Gasteiger partial charge in [-0.15, -0.1) is 9.03 Å². The normalized spacial score (nSPS) is 19.1. The van der Waals surface area contributed by atoms with Gasteiger partial charge in [-0.1, -0.05) is 0 Å². The molecule has 0 radical (unpaired) electrons. The van der Waals surface area contributed by atoms with Gasteiger partial charge in [0.15, 0.2) is 0 Å². The van der Waals surface area contributed by atoms with Crippen molar-refractivity contribution in [3.05, 3.63) is 0 Å². The first-order valence-electron chi connectivity index (χ1n) is 4.31. The Morgan fingerprint density at radius 2 is 1.62 bits per heavy atom. The van der Waals surface area contributed by atoms with Crippen molar-refractivity contribution in [1.29, 1.82) is 0 Å². The van der Waals surface area contributed by atoms with E-state index in [0.717, 1.165) is 7.05 Å². The maximum atomic E-state index is 13.8. The highest BCUT2D eigenvalue weighted by Crippen LogP contribution is 2.68. The van der Waals surface area contributed by atoms with Crippen LogP contribution in [0.5, 0.6) is 0 Å². The van der Waals surface area contributed by atoms with Crippen molar-refractivity contribution in [1.82, 2.24) is 0 Å². The quantitative estimate of drug-likeness (QED) is 0.605. The highest BCUT2D eigenvalue weighted by molar-refractivity contribution is 7.67. The zero-order valence-electron chi connectivity index (χ0n) is 9.05. The smallest absolute Gasteiger partial charge is 0.304 e. The predicted molar refractivity (Wildman–Crippen MR) is 60.5 cm³/mol. The lowest BCUT2D eigenvalue weighted by Gasteiger charge is -2.13. The summed E-state index contributed by atoms with van der Waals surface area (Å²) in [4.78, 5) is 0. The van der Waals surface area contributed by atoms with Gasteiger partial charge in [0.25, 0.3) is 0 Å². The monoisotopic (exact) mass is 297 g/mol. The van der Waals surface area contributed by atoms with Gasteiger partial charge in [0.1, 0.15) is 0 Å². The summed E-state index contributed by atoms with van der Waals surface area (Å²) in [6, 6.07) is 0. The Morgan fingerprint density at radius 3 is 2.00 bits per heavy atom. The van der Waals surface area contributed by atoms with E-state index in [0.29, 0.717) is 0 Å². The number of halogens is 3. The molecule has 0 fully saturated rings. The largest absolute Gasteiger partial charge is 0.389 e. The Labute approximate surface area is 94.4 Å². The molecule has 0 aliphatic carbocycles. The van der Waals surface area contributed by atoms with Gasteiger partial charge in [-0.2, -0.15) is 12.6 Å². The molecule has 96 valence electrons. The van der Waals surface area contributed by atoms with Crippen molar-refractivity contribution in [2.75, 3.05) is 20.3 Å². The Balaban J connectivity index is 5.33. The van der Waals surface area contributed by atoms with Gasteiger partial charge in [0, 0.05) is 7.05 Å². The first kappa shape index (κ1) is 16.3. The highest BCUT2D eigenvalue weighted by atomic mass is 31.3. The number of hydrogen-bond donors (Lipinski definition) is 0. The van der Waals surface area contributed by atoms with Crippen molar-refractivity contribution < 1.29 is 21.6 Å².